The molecule has 0 bridgehead atoms. The van der Waals surface area contributed by atoms with Crippen molar-refractivity contribution in [3.8, 4) is 5.69 Å². The Kier molecular flexibility index (Phi) is 4.49. The van der Waals surface area contributed by atoms with Crippen LogP contribution in [0.25, 0.3) is 5.69 Å². The number of carboxylic acid groups (broad SMARTS) is 1. The van der Waals surface area contributed by atoms with Gasteiger partial charge in [0.15, 0.2) is 0 Å². The van der Waals surface area contributed by atoms with Gasteiger partial charge in [0.2, 0.25) is 0 Å². The highest BCUT2D eigenvalue weighted by Gasteiger charge is 2.34. The van der Waals surface area contributed by atoms with Gasteiger partial charge in [-0.25, -0.2) is 13.9 Å². The van der Waals surface area contributed by atoms with Gasteiger partial charge in [-0.15, -0.1) is 0 Å². The molecule has 1 atom stereocenters. The molecule has 6 nitrogen and oxygen atoms in total. The van der Waals surface area contributed by atoms with E-state index in [4.69, 9.17) is 0 Å². The van der Waals surface area contributed by atoms with Crippen molar-refractivity contribution in [3.05, 3.63) is 47.5 Å². The summed E-state index contributed by atoms with van der Waals surface area (Å²) in [5.41, 5.74) is -0.518. The lowest BCUT2D eigenvalue weighted by Gasteiger charge is -2.24. The fourth-order valence-electron chi connectivity index (χ4n) is 2.11. The molecule has 2 aromatic rings. The lowest BCUT2D eigenvalue weighted by Crippen LogP contribution is -2.51. The molecule has 1 heterocycles. The van der Waals surface area contributed by atoms with Crippen LogP contribution in [0, 0.1) is 12.7 Å². The number of carboxylic acids is 1. The number of hydrogen-bond donors (Lipinski definition) is 2. The Labute approximate surface area is 132 Å². The molecule has 0 radical (unpaired) electrons. The van der Waals surface area contributed by atoms with E-state index in [0.29, 0.717) is 5.69 Å². The normalized spacial score (nSPS) is 13.4. The van der Waals surface area contributed by atoms with Crippen LogP contribution in [0.3, 0.4) is 0 Å². The average molecular weight is 319 g/mol. The third-order valence-corrected chi connectivity index (χ3v) is 3.90. The quantitative estimate of drug-likeness (QED) is 0.885. The predicted molar refractivity (Wildman–Crippen MR) is 82.1 cm³/mol. The zero-order valence-electron chi connectivity index (χ0n) is 13.1. The van der Waals surface area contributed by atoms with Crippen molar-refractivity contribution in [2.45, 2.75) is 32.7 Å². The lowest BCUT2D eigenvalue weighted by atomic mass is 9.98. The summed E-state index contributed by atoms with van der Waals surface area (Å²) in [6.07, 6.45) is 1.53. The highest BCUT2D eigenvalue weighted by molar-refractivity contribution is 5.98. The van der Waals surface area contributed by atoms with Crippen molar-refractivity contribution in [2.75, 3.05) is 0 Å². The molecule has 1 amide bonds. The number of para-hydroxylation sites is 1. The highest BCUT2D eigenvalue weighted by atomic mass is 19.1. The van der Waals surface area contributed by atoms with Crippen LogP contribution >= 0.6 is 0 Å². The molecule has 1 aromatic heterocycles. The fourth-order valence-corrected chi connectivity index (χ4v) is 2.11. The van der Waals surface area contributed by atoms with Crippen molar-refractivity contribution in [2.24, 2.45) is 0 Å². The minimum Gasteiger partial charge on any atom is -0.480 e. The van der Waals surface area contributed by atoms with Crippen molar-refractivity contribution in [1.29, 1.82) is 0 Å². The smallest absolute Gasteiger partial charge is 0.329 e. The first kappa shape index (κ1) is 16.7. The number of aromatic nitrogens is 2. The van der Waals surface area contributed by atoms with Crippen LogP contribution < -0.4 is 5.32 Å². The van der Waals surface area contributed by atoms with E-state index >= 15 is 0 Å². The topological polar surface area (TPSA) is 84.2 Å². The maximum atomic E-state index is 13.9. The summed E-state index contributed by atoms with van der Waals surface area (Å²) in [5, 5.41) is 15.8. The maximum Gasteiger partial charge on any atom is 0.329 e. The Balaban J connectivity index is 2.35. The summed E-state index contributed by atoms with van der Waals surface area (Å²) in [5.74, 6) is -2.14. The number of amides is 1. The van der Waals surface area contributed by atoms with Gasteiger partial charge in [0.25, 0.3) is 5.91 Å². The molecule has 7 heteroatoms. The number of halogens is 1. The zero-order chi connectivity index (χ0) is 17.2. The molecule has 23 heavy (non-hydrogen) atoms. The second-order valence-electron chi connectivity index (χ2n) is 5.45. The predicted octanol–water partition coefficient (Wildman–Crippen LogP) is 2.30. The molecule has 2 N–H and O–H groups in total. The first-order valence-corrected chi connectivity index (χ1v) is 7.15. The molecule has 0 aliphatic heterocycles. The molecule has 0 saturated carbocycles. The molecule has 1 aromatic carbocycles. The number of aliphatic carboxylic acids is 1. The lowest BCUT2D eigenvalue weighted by molar-refractivity contribution is -0.143. The van der Waals surface area contributed by atoms with E-state index in [1.54, 1.807) is 32.0 Å². The molecule has 1 unspecified atom stereocenters. The zero-order valence-corrected chi connectivity index (χ0v) is 13.1. The second-order valence-corrected chi connectivity index (χ2v) is 5.45. The number of carbonyl (C=O) groups excluding carboxylic acids is 1. The minimum absolute atomic E-state index is 0.203. The van der Waals surface area contributed by atoms with Gasteiger partial charge in [0.05, 0.1) is 17.5 Å². The van der Waals surface area contributed by atoms with E-state index in [1.807, 2.05) is 0 Å². The Hall–Kier alpha value is -2.70. The third kappa shape index (κ3) is 3.08. The van der Waals surface area contributed by atoms with Crippen LogP contribution in [0.1, 0.15) is 36.3 Å². The van der Waals surface area contributed by atoms with Gasteiger partial charge in [-0.1, -0.05) is 19.1 Å². The molecule has 0 saturated heterocycles. The van der Waals surface area contributed by atoms with Gasteiger partial charge in [-0.3, -0.25) is 4.79 Å². The van der Waals surface area contributed by atoms with E-state index in [2.05, 4.69) is 10.4 Å². The standard InChI is InChI=1S/C16H18FN3O3/c1-4-16(3,15(22)23)19-14(21)11-9-18-20(10(11)2)13-8-6-5-7-12(13)17/h5-9H,4H2,1-3H3,(H,19,21)(H,22,23). The van der Waals surface area contributed by atoms with Gasteiger partial charge in [0, 0.05) is 0 Å². The molecule has 0 spiro atoms. The summed E-state index contributed by atoms with van der Waals surface area (Å²) in [7, 11) is 0. The summed E-state index contributed by atoms with van der Waals surface area (Å²) >= 11 is 0. The Bertz CT molecular complexity index is 757. The van der Waals surface area contributed by atoms with Crippen LogP contribution in [-0.2, 0) is 4.79 Å². The highest BCUT2D eigenvalue weighted by Crippen LogP contribution is 2.18. The van der Waals surface area contributed by atoms with Crippen molar-refractivity contribution >= 4 is 11.9 Å². The van der Waals surface area contributed by atoms with E-state index < -0.39 is 23.2 Å². The first-order valence-electron chi connectivity index (χ1n) is 7.15. The number of carbonyl (C=O) groups is 2. The largest absolute Gasteiger partial charge is 0.480 e. The number of hydrogen-bond acceptors (Lipinski definition) is 3. The average Bonchev–Trinajstić information content (AvgIpc) is 2.89. The Morgan fingerprint density at radius 2 is 2.04 bits per heavy atom. The Morgan fingerprint density at radius 3 is 2.61 bits per heavy atom. The van der Waals surface area contributed by atoms with Crippen LogP contribution in [0.15, 0.2) is 30.5 Å². The van der Waals surface area contributed by atoms with Gasteiger partial charge in [0.1, 0.15) is 17.0 Å². The summed E-state index contributed by atoms with van der Waals surface area (Å²) in [6, 6.07) is 6.07. The monoisotopic (exact) mass is 319 g/mol. The SMILES string of the molecule is CCC(C)(NC(=O)c1cnn(-c2ccccc2F)c1C)C(=O)O. The van der Waals surface area contributed by atoms with Crippen LogP contribution in [0.5, 0.6) is 0 Å². The van der Waals surface area contributed by atoms with Crippen LogP contribution in [0.4, 0.5) is 4.39 Å². The third-order valence-electron chi connectivity index (χ3n) is 3.90. The van der Waals surface area contributed by atoms with Crippen molar-refractivity contribution < 1.29 is 19.1 Å². The molecule has 122 valence electrons. The van der Waals surface area contributed by atoms with Gasteiger partial charge >= 0.3 is 5.97 Å². The van der Waals surface area contributed by atoms with E-state index in [1.165, 1.54) is 23.9 Å². The minimum atomic E-state index is -1.37. The second kappa shape index (κ2) is 6.20. The number of benzene rings is 1. The molecule has 0 aliphatic rings. The van der Waals surface area contributed by atoms with E-state index in [0.717, 1.165) is 0 Å². The van der Waals surface area contributed by atoms with Crippen molar-refractivity contribution in [3.63, 3.8) is 0 Å². The van der Waals surface area contributed by atoms with Gasteiger partial charge < -0.3 is 10.4 Å². The van der Waals surface area contributed by atoms with Crippen molar-refractivity contribution in [1.82, 2.24) is 15.1 Å². The summed E-state index contributed by atoms with van der Waals surface area (Å²) in [6.45, 7) is 4.73. The fraction of sp³-hybridized carbons (Fsp3) is 0.312. The van der Waals surface area contributed by atoms with Crippen LogP contribution in [-0.4, -0.2) is 32.3 Å². The molecule has 0 aliphatic carbocycles. The van der Waals surface area contributed by atoms with E-state index in [9.17, 15) is 19.1 Å². The molecular weight excluding hydrogens is 301 g/mol. The molecular formula is C16H18FN3O3. The maximum absolute atomic E-state index is 13.9. The molecule has 0 fully saturated rings. The summed E-state index contributed by atoms with van der Waals surface area (Å²) in [4.78, 5) is 23.6. The summed E-state index contributed by atoms with van der Waals surface area (Å²) < 4.78 is 15.2. The van der Waals surface area contributed by atoms with E-state index in [-0.39, 0.29) is 17.7 Å². The van der Waals surface area contributed by atoms with Gasteiger partial charge in [-0.05, 0) is 32.4 Å². The number of nitrogens with one attached hydrogen (secondary N) is 1. The Morgan fingerprint density at radius 1 is 1.39 bits per heavy atom. The molecule has 2 rings (SSSR count). The number of nitrogens with zero attached hydrogens (tertiary/aromatic N) is 2. The van der Waals surface area contributed by atoms with Gasteiger partial charge in [-0.2, -0.15) is 5.10 Å². The first-order chi connectivity index (χ1) is 10.8. The van der Waals surface area contributed by atoms with Crippen LogP contribution in [0.2, 0.25) is 0 Å². The number of rotatable bonds is 5.